The summed E-state index contributed by atoms with van der Waals surface area (Å²) >= 11 is 3.42. The van der Waals surface area contributed by atoms with Crippen molar-refractivity contribution in [2.24, 2.45) is 0 Å². The summed E-state index contributed by atoms with van der Waals surface area (Å²) in [5, 5.41) is 0.873. The van der Waals surface area contributed by atoms with E-state index in [-0.39, 0.29) is 0 Å². The summed E-state index contributed by atoms with van der Waals surface area (Å²) in [5.74, 6) is 1.75. The van der Waals surface area contributed by atoms with E-state index in [9.17, 15) is 0 Å². The first-order valence-electron chi connectivity index (χ1n) is 5.17. The summed E-state index contributed by atoms with van der Waals surface area (Å²) in [6, 6.07) is 16.1. The van der Waals surface area contributed by atoms with Gasteiger partial charge in [0.15, 0.2) is 0 Å². The molecule has 0 heterocycles. The molecule has 0 fully saturated rings. The van der Waals surface area contributed by atoms with E-state index in [1.165, 1.54) is 11.1 Å². The van der Waals surface area contributed by atoms with E-state index < -0.39 is 0 Å². The molecule has 0 aliphatic carbocycles. The summed E-state index contributed by atoms with van der Waals surface area (Å²) < 4.78 is 5.74. The number of hydrogen-bond donors (Lipinski definition) is 0. The number of rotatable bonds is 3. The quantitative estimate of drug-likeness (QED) is 0.740. The number of ether oxygens (including phenoxy) is 1. The number of aryl methyl sites for hydroxylation is 1. The van der Waals surface area contributed by atoms with Gasteiger partial charge in [0.1, 0.15) is 11.5 Å². The van der Waals surface area contributed by atoms with Gasteiger partial charge in [-0.15, -0.1) is 0 Å². The normalized spacial score (nSPS) is 10.1. The van der Waals surface area contributed by atoms with Gasteiger partial charge in [-0.1, -0.05) is 40.2 Å². The van der Waals surface area contributed by atoms with Gasteiger partial charge < -0.3 is 4.74 Å². The van der Waals surface area contributed by atoms with Crippen LogP contribution in [0.1, 0.15) is 11.1 Å². The minimum absolute atomic E-state index is 0.871. The van der Waals surface area contributed by atoms with E-state index in [1.54, 1.807) is 0 Å². The maximum absolute atomic E-state index is 5.74. The van der Waals surface area contributed by atoms with Crippen molar-refractivity contribution in [3.05, 3.63) is 59.7 Å². The van der Waals surface area contributed by atoms with Gasteiger partial charge in [0.25, 0.3) is 0 Å². The molecule has 0 atom stereocenters. The topological polar surface area (TPSA) is 9.23 Å². The average molecular weight is 277 g/mol. The molecule has 0 radical (unpaired) electrons. The van der Waals surface area contributed by atoms with Crippen LogP contribution >= 0.6 is 15.9 Å². The average Bonchev–Trinajstić information content (AvgIpc) is 2.30. The monoisotopic (exact) mass is 276 g/mol. The largest absolute Gasteiger partial charge is 0.457 e. The van der Waals surface area contributed by atoms with Crippen LogP contribution in [0.4, 0.5) is 0 Å². The first-order chi connectivity index (χ1) is 7.78. The Labute approximate surface area is 104 Å². The highest BCUT2D eigenvalue weighted by atomic mass is 79.9. The Kier molecular flexibility index (Phi) is 3.62. The third kappa shape index (κ3) is 2.86. The Hall–Kier alpha value is -1.28. The first-order valence-corrected chi connectivity index (χ1v) is 6.29. The molecule has 1 nitrogen and oxygen atoms in total. The van der Waals surface area contributed by atoms with Crippen LogP contribution in [0, 0.1) is 6.92 Å². The number of alkyl halides is 1. The van der Waals surface area contributed by atoms with Gasteiger partial charge in [-0.25, -0.2) is 0 Å². The lowest BCUT2D eigenvalue weighted by atomic mass is 10.2. The zero-order valence-electron chi connectivity index (χ0n) is 9.11. The van der Waals surface area contributed by atoms with Gasteiger partial charge >= 0.3 is 0 Å². The molecule has 0 aliphatic heterocycles. The molecule has 0 N–H and O–H groups in total. The highest BCUT2D eigenvalue weighted by Gasteiger charge is 1.97. The Balaban J connectivity index is 2.14. The molecule has 2 aromatic carbocycles. The summed E-state index contributed by atoms with van der Waals surface area (Å²) in [6.45, 7) is 2.06. The molecule has 0 saturated carbocycles. The molecule has 0 aliphatic rings. The van der Waals surface area contributed by atoms with Crippen LogP contribution in [0.25, 0.3) is 0 Å². The second kappa shape index (κ2) is 5.17. The van der Waals surface area contributed by atoms with Crippen molar-refractivity contribution >= 4 is 15.9 Å². The molecule has 0 bridgehead atoms. The zero-order valence-corrected chi connectivity index (χ0v) is 10.7. The fourth-order valence-corrected chi connectivity index (χ4v) is 1.84. The van der Waals surface area contributed by atoms with Gasteiger partial charge in [-0.3, -0.25) is 0 Å². The van der Waals surface area contributed by atoms with Crippen molar-refractivity contribution in [1.29, 1.82) is 0 Å². The smallest absolute Gasteiger partial charge is 0.127 e. The van der Waals surface area contributed by atoms with Crippen molar-refractivity contribution in [2.45, 2.75) is 12.3 Å². The lowest BCUT2D eigenvalue weighted by molar-refractivity contribution is 0.482. The summed E-state index contributed by atoms with van der Waals surface area (Å²) in [6.07, 6.45) is 0. The van der Waals surface area contributed by atoms with E-state index in [0.29, 0.717) is 0 Å². The van der Waals surface area contributed by atoms with Gasteiger partial charge in [0, 0.05) is 5.33 Å². The second-order valence-electron chi connectivity index (χ2n) is 3.70. The third-order valence-corrected chi connectivity index (χ3v) is 2.95. The molecular formula is C14H13BrO. The van der Waals surface area contributed by atoms with Gasteiger partial charge in [0.05, 0.1) is 0 Å². The molecule has 16 heavy (non-hydrogen) atoms. The van der Waals surface area contributed by atoms with E-state index in [2.05, 4.69) is 41.1 Å². The van der Waals surface area contributed by atoms with Crippen LogP contribution in [0.2, 0.25) is 0 Å². The zero-order chi connectivity index (χ0) is 11.4. The second-order valence-corrected chi connectivity index (χ2v) is 4.26. The van der Waals surface area contributed by atoms with E-state index in [0.717, 1.165) is 16.8 Å². The fraction of sp³-hybridized carbons (Fsp3) is 0.143. The third-order valence-electron chi connectivity index (χ3n) is 2.30. The van der Waals surface area contributed by atoms with Crippen LogP contribution in [0.3, 0.4) is 0 Å². The predicted octanol–water partition coefficient (Wildman–Crippen LogP) is 4.68. The van der Waals surface area contributed by atoms with E-state index in [1.807, 2.05) is 30.3 Å². The molecular weight excluding hydrogens is 264 g/mol. The molecule has 2 aromatic rings. The maximum Gasteiger partial charge on any atom is 0.127 e. The van der Waals surface area contributed by atoms with Crippen molar-refractivity contribution < 1.29 is 4.74 Å². The van der Waals surface area contributed by atoms with Gasteiger partial charge in [0.2, 0.25) is 0 Å². The molecule has 0 aromatic heterocycles. The summed E-state index contributed by atoms with van der Waals surface area (Å²) in [5.41, 5.74) is 2.45. The molecule has 2 rings (SSSR count). The molecule has 0 saturated heterocycles. The van der Waals surface area contributed by atoms with Crippen molar-refractivity contribution in [3.63, 3.8) is 0 Å². The SMILES string of the molecule is Cc1cccc(Oc2ccc(CBr)cc2)c1. The van der Waals surface area contributed by atoms with Crippen LogP contribution < -0.4 is 4.74 Å². The van der Waals surface area contributed by atoms with Gasteiger partial charge in [-0.05, 0) is 42.3 Å². The molecule has 2 heteroatoms. The molecule has 0 amide bonds. The lowest BCUT2D eigenvalue weighted by Crippen LogP contribution is -1.85. The minimum atomic E-state index is 0.871. The Morgan fingerprint density at radius 1 is 1.00 bits per heavy atom. The summed E-state index contributed by atoms with van der Waals surface area (Å²) in [7, 11) is 0. The van der Waals surface area contributed by atoms with E-state index in [4.69, 9.17) is 4.74 Å². The molecule has 0 unspecified atom stereocenters. The van der Waals surface area contributed by atoms with Crippen molar-refractivity contribution in [1.82, 2.24) is 0 Å². The van der Waals surface area contributed by atoms with Gasteiger partial charge in [-0.2, -0.15) is 0 Å². The van der Waals surface area contributed by atoms with Crippen molar-refractivity contribution in [3.8, 4) is 11.5 Å². The Bertz CT molecular complexity index is 462. The molecule has 82 valence electrons. The highest BCUT2D eigenvalue weighted by molar-refractivity contribution is 9.08. The van der Waals surface area contributed by atoms with Crippen molar-refractivity contribution in [2.75, 3.05) is 0 Å². The van der Waals surface area contributed by atoms with Crippen LogP contribution in [-0.2, 0) is 5.33 Å². The highest BCUT2D eigenvalue weighted by Crippen LogP contribution is 2.22. The summed E-state index contributed by atoms with van der Waals surface area (Å²) in [4.78, 5) is 0. The Morgan fingerprint density at radius 2 is 1.75 bits per heavy atom. The lowest BCUT2D eigenvalue weighted by Gasteiger charge is -2.06. The van der Waals surface area contributed by atoms with Crippen LogP contribution in [0.15, 0.2) is 48.5 Å². The fourth-order valence-electron chi connectivity index (χ4n) is 1.46. The number of benzene rings is 2. The minimum Gasteiger partial charge on any atom is -0.457 e. The van der Waals surface area contributed by atoms with E-state index >= 15 is 0 Å². The number of halogens is 1. The number of hydrogen-bond acceptors (Lipinski definition) is 1. The standard InChI is InChI=1S/C14H13BrO/c1-11-3-2-4-14(9-11)16-13-7-5-12(10-15)6-8-13/h2-9H,10H2,1H3. The van der Waals surface area contributed by atoms with Crippen LogP contribution in [0.5, 0.6) is 11.5 Å². The predicted molar refractivity (Wildman–Crippen MR) is 70.3 cm³/mol. The first kappa shape index (κ1) is 11.2. The Morgan fingerprint density at radius 3 is 2.38 bits per heavy atom. The maximum atomic E-state index is 5.74. The molecule has 0 spiro atoms. The van der Waals surface area contributed by atoms with Crippen LogP contribution in [-0.4, -0.2) is 0 Å².